The molecule has 0 bridgehead atoms. The van der Waals surface area contributed by atoms with Crippen molar-refractivity contribution in [3.05, 3.63) is 34.4 Å². The molecule has 0 aromatic carbocycles. The lowest BCUT2D eigenvalue weighted by molar-refractivity contribution is 0.182. The number of aromatic nitrogens is 4. The largest absolute Gasteiger partial charge is 0.383 e. The van der Waals surface area contributed by atoms with E-state index in [4.69, 9.17) is 22.1 Å². The summed E-state index contributed by atoms with van der Waals surface area (Å²) >= 11 is 6.27. The van der Waals surface area contributed by atoms with Crippen LogP contribution in [0.1, 0.15) is 37.0 Å². The van der Waals surface area contributed by atoms with Crippen LogP contribution in [0, 0.1) is 0 Å². The van der Waals surface area contributed by atoms with Gasteiger partial charge in [0.25, 0.3) is 0 Å². The molecule has 7 heteroatoms. The molecule has 0 aliphatic rings. The van der Waals surface area contributed by atoms with Gasteiger partial charge in [0.1, 0.15) is 0 Å². The van der Waals surface area contributed by atoms with Crippen molar-refractivity contribution in [3.8, 4) is 0 Å². The summed E-state index contributed by atoms with van der Waals surface area (Å²) < 4.78 is 8.82. The quantitative estimate of drug-likeness (QED) is 0.849. The molecular weight excluding hydrogens is 290 g/mol. The summed E-state index contributed by atoms with van der Waals surface area (Å²) in [6.07, 6.45) is 2.50. The van der Waals surface area contributed by atoms with E-state index in [0.717, 1.165) is 30.0 Å². The molecule has 0 radical (unpaired) electrons. The molecule has 0 saturated carbocycles. The Morgan fingerprint density at radius 1 is 1.38 bits per heavy atom. The molecule has 2 heterocycles. The Balaban J connectivity index is 2.37. The van der Waals surface area contributed by atoms with Gasteiger partial charge >= 0.3 is 0 Å². The lowest BCUT2D eigenvalue weighted by Crippen LogP contribution is -2.22. The van der Waals surface area contributed by atoms with Gasteiger partial charge in [0.15, 0.2) is 0 Å². The fourth-order valence-corrected chi connectivity index (χ4v) is 2.60. The molecule has 0 aliphatic heterocycles. The van der Waals surface area contributed by atoms with Gasteiger partial charge < -0.3 is 10.5 Å². The molecule has 1 unspecified atom stereocenters. The molecule has 0 saturated heterocycles. The molecule has 2 aromatic heterocycles. The molecule has 6 nitrogen and oxygen atoms in total. The van der Waals surface area contributed by atoms with Crippen LogP contribution in [-0.4, -0.2) is 33.3 Å². The van der Waals surface area contributed by atoms with Gasteiger partial charge in [-0.1, -0.05) is 18.5 Å². The fourth-order valence-electron chi connectivity index (χ4n) is 2.34. The Morgan fingerprint density at radius 3 is 2.76 bits per heavy atom. The normalized spacial score (nSPS) is 12.8. The first-order chi connectivity index (χ1) is 10.1. The maximum absolute atomic E-state index is 6.43. The number of methoxy groups -OCH3 is 1. The Morgan fingerprint density at radius 2 is 2.14 bits per heavy atom. The van der Waals surface area contributed by atoms with Crippen molar-refractivity contribution in [2.75, 3.05) is 13.7 Å². The van der Waals surface area contributed by atoms with Gasteiger partial charge in [-0.3, -0.25) is 9.36 Å². The summed E-state index contributed by atoms with van der Waals surface area (Å²) in [6, 6.07) is 1.68. The number of rotatable bonds is 7. The first-order valence-electron chi connectivity index (χ1n) is 7.14. The number of hydrogen-bond acceptors (Lipinski definition) is 4. The van der Waals surface area contributed by atoms with Crippen molar-refractivity contribution in [1.82, 2.24) is 19.6 Å². The van der Waals surface area contributed by atoms with Gasteiger partial charge in [0.2, 0.25) is 0 Å². The minimum absolute atomic E-state index is 0.357. The third-order valence-corrected chi connectivity index (χ3v) is 3.77. The first kappa shape index (κ1) is 16.0. The number of hydrogen-bond donors (Lipinski definition) is 1. The zero-order valence-corrected chi connectivity index (χ0v) is 13.5. The molecule has 0 aliphatic carbocycles. The van der Waals surface area contributed by atoms with E-state index in [1.165, 1.54) is 0 Å². The number of nitrogens with zero attached hydrogens (tertiary/aromatic N) is 4. The van der Waals surface area contributed by atoms with Crippen molar-refractivity contribution < 1.29 is 4.74 Å². The molecule has 116 valence electrons. The second-order valence-corrected chi connectivity index (χ2v) is 5.21. The highest BCUT2D eigenvalue weighted by atomic mass is 35.5. The maximum atomic E-state index is 6.43. The number of nitrogens with two attached hydrogens (primary N) is 1. The Bertz CT molecular complexity index is 592. The van der Waals surface area contributed by atoms with Crippen LogP contribution in [-0.2, 0) is 24.2 Å². The topological polar surface area (TPSA) is 70.9 Å². The molecule has 21 heavy (non-hydrogen) atoms. The molecular formula is C14H22ClN5O. The van der Waals surface area contributed by atoms with Gasteiger partial charge in [0, 0.05) is 13.7 Å². The zero-order valence-electron chi connectivity index (χ0n) is 12.7. The van der Waals surface area contributed by atoms with E-state index in [9.17, 15) is 0 Å². The van der Waals surface area contributed by atoms with Gasteiger partial charge in [-0.15, -0.1) is 0 Å². The second-order valence-electron chi connectivity index (χ2n) is 4.80. The highest BCUT2D eigenvalue weighted by Gasteiger charge is 2.22. The molecule has 1 atom stereocenters. The van der Waals surface area contributed by atoms with E-state index >= 15 is 0 Å². The van der Waals surface area contributed by atoms with Crippen molar-refractivity contribution in [2.45, 2.75) is 39.4 Å². The molecule has 0 amide bonds. The van der Waals surface area contributed by atoms with E-state index in [-0.39, 0.29) is 6.04 Å². The van der Waals surface area contributed by atoms with Crippen molar-refractivity contribution in [1.29, 1.82) is 0 Å². The van der Waals surface area contributed by atoms with Crippen LogP contribution in [0.4, 0.5) is 0 Å². The lowest BCUT2D eigenvalue weighted by atomic mass is 10.1. The zero-order chi connectivity index (χ0) is 15.4. The van der Waals surface area contributed by atoms with Gasteiger partial charge in [-0.05, 0) is 19.4 Å². The first-order valence-corrected chi connectivity index (χ1v) is 7.52. The minimum atomic E-state index is -0.357. The molecule has 2 N–H and O–H groups in total. The number of ether oxygens (including phenoxy) is 1. The Hall–Kier alpha value is -1.37. The summed E-state index contributed by atoms with van der Waals surface area (Å²) in [5.74, 6) is 0. The van der Waals surface area contributed by atoms with Gasteiger partial charge in [-0.25, -0.2) is 0 Å². The highest BCUT2D eigenvalue weighted by Crippen LogP contribution is 2.27. The van der Waals surface area contributed by atoms with Crippen LogP contribution in [0.2, 0.25) is 5.02 Å². The Kier molecular flexibility index (Phi) is 5.39. The molecule has 0 spiro atoms. The predicted octanol–water partition coefficient (Wildman–Crippen LogP) is 2.01. The van der Waals surface area contributed by atoms with Gasteiger partial charge in [0.05, 0.1) is 47.5 Å². The summed E-state index contributed by atoms with van der Waals surface area (Å²) in [7, 11) is 1.66. The summed E-state index contributed by atoms with van der Waals surface area (Å²) in [4.78, 5) is 0. The lowest BCUT2D eigenvalue weighted by Gasteiger charge is -2.16. The van der Waals surface area contributed by atoms with E-state index in [1.807, 2.05) is 17.7 Å². The minimum Gasteiger partial charge on any atom is -0.383 e. The Labute approximate surface area is 129 Å². The third kappa shape index (κ3) is 3.28. The van der Waals surface area contributed by atoms with Crippen LogP contribution in [0.25, 0.3) is 0 Å². The van der Waals surface area contributed by atoms with Crippen molar-refractivity contribution >= 4 is 11.6 Å². The molecule has 2 rings (SSSR count). The van der Waals surface area contributed by atoms with E-state index < -0.39 is 0 Å². The molecule has 2 aromatic rings. The third-order valence-electron chi connectivity index (χ3n) is 3.48. The molecule has 0 fully saturated rings. The number of aryl methyl sites for hydroxylation is 2. The predicted molar refractivity (Wildman–Crippen MR) is 82.4 cm³/mol. The highest BCUT2D eigenvalue weighted by molar-refractivity contribution is 6.31. The summed E-state index contributed by atoms with van der Waals surface area (Å²) in [6.45, 7) is 6.07. The number of halogens is 1. The smallest absolute Gasteiger partial charge is 0.0909 e. The average molecular weight is 312 g/mol. The van der Waals surface area contributed by atoms with Crippen molar-refractivity contribution in [2.24, 2.45) is 5.73 Å². The maximum Gasteiger partial charge on any atom is 0.0909 e. The van der Waals surface area contributed by atoms with E-state index in [0.29, 0.717) is 18.2 Å². The monoisotopic (exact) mass is 311 g/mol. The summed E-state index contributed by atoms with van der Waals surface area (Å²) in [5, 5.41) is 9.39. The van der Waals surface area contributed by atoms with Crippen LogP contribution >= 0.6 is 11.6 Å². The van der Waals surface area contributed by atoms with Gasteiger partial charge in [-0.2, -0.15) is 10.2 Å². The average Bonchev–Trinajstić information content (AvgIpc) is 3.07. The van der Waals surface area contributed by atoms with Crippen molar-refractivity contribution in [3.63, 3.8) is 0 Å². The summed E-state index contributed by atoms with van der Waals surface area (Å²) in [5.41, 5.74) is 9.21. The van der Waals surface area contributed by atoms with E-state index in [1.54, 1.807) is 18.0 Å². The fraction of sp³-hybridized carbons (Fsp3) is 0.571. The van der Waals surface area contributed by atoms with Crippen LogP contribution in [0.5, 0.6) is 0 Å². The standard InChI is InChI=1S/C14H22ClN5O/c1-4-10-8-12(19(5-2)18-10)13(16)14-11(15)9-17-20(14)6-7-21-3/h8-9,13H,4-7,16H2,1-3H3. The van der Waals surface area contributed by atoms with Crippen LogP contribution in [0.15, 0.2) is 12.3 Å². The van der Waals surface area contributed by atoms with E-state index in [2.05, 4.69) is 17.1 Å². The van der Waals surface area contributed by atoms with Crippen LogP contribution in [0.3, 0.4) is 0 Å². The second kappa shape index (κ2) is 7.06. The SMILES string of the molecule is CCc1cc(C(N)c2c(Cl)cnn2CCOC)n(CC)n1. The van der Waals surface area contributed by atoms with Crippen LogP contribution < -0.4 is 5.73 Å².